The highest BCUT2D eigenvalue weighted by Crippen LogP contribution is 2.47. The first-order chi connectivity index (χ1) is 9.15. The third-order valence-electron chi connectivity index (χ3n) is 3.63. The fraction of sp³-hybridized carbons (Fsp3) is 0.429. The summed E-state index contributed by atoms with van der Waals surface area (Å²) < 4.78 is 7.37. The van der Waals surface area contributed by atoms with Gasteiger partial charge in [-0.25, -0.2) is 4.98 Å². The van der Waals surface area contributed by atoms with E-state index in [4.69, 9.17) is 4.74 Å². The van der Waals surface area contributed by atoms with Crippen molar-refractivity contribution in [3.63, 3.8) is 0 Å². The topological polar surface area (TPSA) is 39.2 Å². The van der Waals surface area contributed by atoms with Crippen LogP contribution in [0.5, 0.6) is 0 Å². The Morgan fingerprint density at radius 3 is 2.95 bits per heavy atom. The lowest BCUT2D eigenvalue weighted by atomic mass is 9.69. The molecular formula is C14H14BrNO2S. The molecule has 0 saturated heterocycles. The van der Waals surface area contributed by atoms with Crippen molar-refractivity contribution < 1.29 is 9.53 Å². The Bertz CT molecular complexity index is 633. The van der Waals surface area contributed by atoms with E-state index >= 15 is 0 Å². The summed E-state index contributed by atoms with van der Waals surface area (Å²) in [5.41, 5.74) is 0.469. The van der Waals surface area contributed by atoms with E-state index in [2.05, 4.69) is 20.9 Å². The molecule has 1 aromatic heterocycles. The number of benzene rings is 1. The monoisotopic (exact) mass is 339 g/mol. The van der Waals surface area contributed by atoms with Crippen LogP contribution in [-0.2, 0) is 14.9 Å². The van der Waals surface area contributed by atoms with Gasteiger partial charge in [-0.2, -0.15) is 0 Å². The normalized spacial score (nSPS) is 17.2. The van der Waals surface area contributed by atoms with E-state index in [9.17, 15) is 4.79 Å². The first-order valence-electron chi connectivity index (χ1n) is 6.39. The molecule has 1 heterocycles. The minimum Gasteiger partial charge on any atom is -0.465 e. The van der Waals surface area contributed by atoms with E-state index in [0.29, 0.717) is 6.61 Å². The molecule has 5 heteroatoms. The minimum atomic E-state index is -0.480. The molecule has 3 nitrogen and oxygen atoms in total. The molecule has 1 aliphatic carbocycles. The van der Waals surface area contributed by atoms with Crippen molar-refractivity contribution in [2.45, 2.75) is 31.6 Å². The van der Waals surface area contributed by atoms with Gasteiger partial charge in [0, 0.05) is 4.47 Å². The van der Waals surface area contributed by atoms with E-state index in [1.807, 2.05) is 25.1 Å². The Balaban J connectivity index is 2.04. The molecule has 0 bridgehead atoms. The lowest BCUT2D eigenvalue weighted by Crippen LogP contribution is -2.43. The van der Waals surface area contributed by atoms with Gasteiger partial charge in [-0.05, 0) is 38.0 Å². The zero-order chi connectivity index (χ0) is 13.5. The molecule has 19 heavy (non-hydrogen) atoms. The SMILES string of the molecule is CCOC(=O)C1(c2nc3cc(Br)ccc3s2)CCC1. The van der Waals surface area contributed by atoms with E-state index in [0.717, 1.165) is 39.0 Å². The van der Waals surface area contributed by atoms with Crippen molar-refractivity contribution in [3.05, 3.63) is 27.7 Å². The molecule has 1 aromatic carbocycles. The van der Waals surface area contributed by atoms with Gasteiger partial charge >= 0.3 is 5.97 Å². The third kappa shape index (κ3) is 2.09. The summed E-state index contributed by atoms with van der Waals surface area (Å²) in [5.74, 6) is -0.112. The number of carbonyl (C=O) groups excluding carboxylic acids is 1. The number of nitrogens with zero attached hydrogens (tertiary/aromatic N) is 1. The number of halogens is 1. The van der Waals surface area contributed by atoms with Crippen LogP contribution in [-0.4, -0.2) is 17.6 Å². The number of hydrogen-bond donors (Lipinski definition) is 0. The van der Waals surface area contributed by atoms with Gasteiger partial charge in [-0.3, -0.25) is 4.79 Å². The second-order valence-corrected chi connectivity index (χ2v) is 6.73. The summed E-state index contributed by atoms with van der Waals surface area (Å²) in [7, 11) is 0. The average molecular weight is 340 g/mol. The van der Waals surface area contributed by atoms with Crippen molar-refractivity contribution in [2.24, 2.45) is 0 Å². The Kier molecular flexibility index (Phi) is 3.35. The average Bonchev–Trinajstić information content (AvgIpc) is 2.70. The Hall–Kier alpha value is -0.940. The lowest BCUT2D eigenvalue weighted by molar-refractivity contribution is -0.153. The fourth-order valence-electron chi connectivity index (χ4n) is 2.41. The van der Waals surface area contributed by atoms with Crippen LogP contribution in [0.1, 0.15) is 31.2 Å². The predicted octanol–water partition coefficient (Wildman–Crippen LogP) is 4.04. The number of rotatable bonds is 3. The first kappa shape index (κ1) is 13.1. The highest BCUT2D eigenvalue weighted by atomic mass is 79.9. The van der Waals surface area contributed by atoms with Crippen molar-refractivity contribution >= 4 is 43.5 Å². The molecule has 0 spiro atoms. The number of carbonyl (C=O) groups is 1. The van der Waals surface area contributed by atoms with E-state index in [-0.39, 0.29) is 5.97 Å². The van der Waals surface area contributed by atoms with Crippen LogP contribution in [0.25, 0.3) is 10.2 Å². The van der Waals surface area contributed by atoms with Crippen LogP contribution >= 0.6 is 27.3 Å². The van der Waals surface area contributed by atoms with Gasteiger partial charge in [0.25, 0.3) is 0 Å². The maximum atomic E-state index is 12.2. The highest BCUT2D eigenvalue weighted by molar-refractivity contribution is 9.10. The second-order valence-electron chi connectivity index (χ2n) is 4.79. The zero-order valence-electron chi connectivity index (χ0n) is 10.6. The van der Waals surface area contributed by atoms with Crippen LogP contribution < -0.4 is 0 Å². The molecule has 0 atom stereocenters. The van der Waals surface area contributed by atoms with Crippen molar-refractivity contribution in [1.29, 1.82) is 0 Å². The predicted molar refractivity (Wildman–Crippen MR) is 79.5 cm³/mol. The molecule has 0 unspecified atom stereocenters. The van der Waals surface area contributed by atoms with Crippen LogP contribution in [0.2, 0.25) is 0 Å². The molecule has 3 rings (SSSR count). The largest absolute Gasteiger partial charge is 0.465 e. The summed E-state index contributed by atoms with van der Waals surface area (Å²) in [6.07, 6.45) is 2.78. The maximum absolute atomic E-state index is 12.2. The molecule has 1 saturated carbocycles. The second kappa shape index (κ2) is 4.87. The molecule has 2 aromatic rings. The smallest absolute Gasteiger partial charge is 0.319 e. The number of esters is 1. The highest BCUT2D eigenvalue weighted by Gasteiger charge is 2.49. The number of fused-ring (bicyclic) bond motifs is 1. The van der Waals surface area contributed by atoms with Crippen molar-refractivity contribution in [1.82, 2.24) is 4.98 Å². The Labute approximate surface area is 124 Å². The Morgan fingerprint density at radius 2 is 2.32 bits per heavy atom. The number of ether oxygens (including phenoxy) is 1. The molecule has 0 amide bonds. The van der Waals surface area contributed by atoms with Crippen LogP contribution in [0.3, 0.4) is 0 Å². The summed E-state index contributed by atoms with van der Waals surface area (Å²) >= 11 is 5.06. The standard InChI is InChI=1S/C14H14BrNO2S/c1-2-18-13(17)14(6-3-7-14)12-16-10-8-9(15)4-5-11(10)19-12/h4-5,8H,2-3,6-7H2,1H3. The molecule has 0 aliphatic heterocycles. The third-order valence-corrected chi connectivity index (χ3v) is 5.37. The van der Waals surface area contributed by atoms with Crippen molar-refractivity contribution in [3.8, 4) is 0 Å². The van der Waals surface area contributed by atoms with E-state index < -0.39 is 5.41 Å². The summed E-state index contributed by atoms with van der Waals surface area (Å²) in [5, 5.41) is 0.908. The molecular weight excluding hydrogens is 326 g/mol. The van der Waals surface area contributed by atoms with Gasteiger partial charge in [0.05, 0.1) is 16.8 Å². The summed E-state index contributed by atoms with van der Waals surface area (Å²) in [6.45, 7) is 2.27. The fourth-order valence-corrected chi connectivity index (χ4v) is 3.94. The van der Waals surface area contributed by atoms with Crippen LogP contribution in [0.4, 0.5) is 0 Å². The van der Waals surface area contributed by atoms with E-state index in [1.165, 1.54) is 0 Å². The zero-order valence-corrected chi connectivity index (χ0v) is 13.0. The van der Waals surface area contributed by atoms with Gasteiger partial charge in [0.1, 0.15) is 10.4 Å². The van der Waals surface area contributed by atoms with Crippen molar-refractivity contribution in [2.75, 3.05) is 6.61 Å². The molecule has 0 N–H and O–H groups in total. The lowest BCUT2D eigenvalue weighted by Gasteiger charge is -2.37. The van der Waals surface area contributed by atoms with E-state index in [1.54, 1.807) is 11.3 Å². The van der Waals surface area contributed by atoms with Gasteiger partial charge in [-0.15, -0.1) is 11.3 Å². The maximum Gasteiger partial charge on any atom is 0.319 e. The molecule has 1 aliphatic rings. The minimum absolute atomic E-state index is 0.112. The van der Waals surface area contributed by atoms with Crippen LogP contribution in [0.15, 0.2) is 22.7 Å². The molecule has 100 valence electrons. The first-order valence-corrected chi connectivity index (χ1v) is 8.00. The number of hydrogen-bond acceptors (Lipinski definition) is 4. The van der Waals surface area contributed by atoms with Crippen LogP contribution in [0, 0.1) is 0 Å². The van der Waals surface area contributed by atoms with Gasteiger partial charge in [0.2, 0.25) is 0 Å². The van der Waals surface area contributed by atoms with Gasteiger partial charge in [0.15, 0.2) is 0 Å². The number of aromatic nitrogens is 1. The number of thiazole rings is 1. The summed E-state index contributed by atoms with van der Waals surface area (Å²) in [4.78, 5) is 16.9. The van der Waals surface area contributed by atoms with Gasteiger partial charge in [-0.1, -0.05) is 22.4 Å². The molecule has 1 fully saturated rings. The quantitative estimate of drug-likeness (QED) is 0.792. The Morgan fingerprint density at radius 1 is 1.53 bits per heavy atom. The molecule has 0 radical (unpaired) electrons. The summed E-state index contributed by atoms with van der Waals surface area (Å²) in [6, 6.07) is 6.03. The van der Waals surface area contributed by atoms with Gasteiger partial charge < -0.3 is 4.74 Å².